The topological polar surface area (TPSA) is 103 Å². The van der Waals surface area contributed by atoms with Crippen molar-refractivity contribution in [3.05, 3.63) is 76.8 Å². The van der Waals surface area contributed by atoms with Crippen LogP contribution in [0.5, 0.6) is 11.5 Å². The van der Waals surface area contributed by atoms with Crippen molar-refractivity contribution in [1.29, 1.82) is 0 Å². The number of phenols is 2. The number of halogens is 1. The first-order valence-corrected chi connectivity index (χ1v) is 8.54. The molecule has 8 heteroatoms. The molecule has 0 bridgehead atoms. The van der Waals surface area contributed by atoms with Gasteiger partial charge in [0.25, 0.3) is 11.8 Å². The van der Waals surface area contributed by atoms with Crippen LogP contribution in [0.2, 0.25) is 5.02 Å². The summed E-state index contributed by atoms with van der Waals surface area (Å²) < 4.78 is 0. The highest BCUT2D eigenvalue weighted by atomic mass is 35.5. The van der Waals surface area contributed by atoms with Crippen LogP contribution >= 0.6 is 11.6 Å². The highest BCUT2D eigenvalue weighted by Crippen LogP contribution is 2.37. The van der Waals surface area contributed by atoms with Gasteiger partial charge in [0.2, 0.25) is 0 Å². The first-order valence-electron chi connectivity index (χ1n) is 8.17. The first kappa shape index (κ1) is 17.7. The van der Waals surface area contributed by atoms with Gasteiger partial charge in [-0.1, -0.05) is 23.7 Å². The Hall–Kier alpha value is -3.71. The van der Waals surface area contributed by atoms with Crippen molar-refractivity contribution in [2.45, 2.75) is 0 Å². The zero-order valence-electron chi connectivity index (χ0n) is 14.2. The van der Waals surface area contributed by atoms with E-state index in [9.17, 15) is 19.8 Å². The number of hydrogen-bond donors (Lipinski definition) is 2. The van der Waals surface area contributed by atoms with Crippen molar-refractivity contribution in [2.24, 2.45) is 10.2 Å². The summed E-state index contributed by atoms with van der Waals surface area (Å²) in [4.78, 5) is 26.0. The Morgan fingerprint density at radius 2 is 1.29 bits per heavy atom. The summed E-state index contributed by atoms with van der Waals surface area (Å²) in [6, 6.07) is 15.0. The minimum absolute atomic E-state index is 0.106. The van der Waals surface area contributed by atoms with E-state index in [0.717, 1.165) is 4.90 Å². The maximum atomic E-state index is 12.5. The number of amides is 2. The summed E-state index contributed by atoms with van der Waals surface area (Å²) in [5.41, 5.74) is 1.13. The fraction of sp³-hybridized carbons (Fsp3) is 0. The number of nitrogens with zero attached hydrogens (tertiary/aromatic N) is 3. The monoisotopic (exact) mass is 393 g/mol. The predicted molar refractivity (Wildman–Crippen MR) is 103 cm³/mol. The summed E-state index contributed by atoms with van der Waals surface area (Å²) in [7, 11) is 0. The number of imide groups is 1. The van der Waals surface area contributed by atoms with Crippen LogP contribution in [0.1, 0.15) is 20.7 Å². The maximum Gasteiger partial charge on any atom is 0.266 e. The summed E-state index contributed by atoms with van der Waals surface area (Å²) >= 11 is 5.76. The highest BCUT2D eigenvalue weighted by Gasteiger charge is 2.36. The molecule has 0 fully saturated rings. The molecule has 0 saturated heterocycles. The van der Waals surface area contributed by atoms with Crippen molar-refractivity contribution in [3.63, 3.8) is 0 Å². The Kier molecular flexibility index (Phi) is 4.29. The second-order valence-corrected chi connectivity index (χ2v) is 6.43. The Morgan fingerprint density at radius 1 is 0.750 bits per heavy atom. The fourth-order valence-electron chi connectivity index (χ4n) is 2.85. The van der Waals surface area contributed by atoms with Gasteiger partial charge in [0.05, 0.1) is 16.8 Å². The minimum Gasteiger partial charge on any atom is -0.506 e. The molecule has 28 heavy (non-hydrogen) atoms. The van der Waals surface area contributed by atoms with E-state index in [0.29, 0.717) is 16.1 Å². The van der Waals surface area contributed by atoms with Crippen LogP contribution in [0, 0.1) is 0 Å². The van der Waals surface area contributed by atoms with E-state index >= 15 is 0 Å². The lowest BCUT2D eigenvalue weighted by Gasteiger charge is -2.14. The lowest BCUT2D eigenvalue weighted by molar-refractivity contribution is 0.0926. The van der Waals surface area contributed by atoms with E-state index in [4.69, 9.17) is 11.6 Å². The van der Waals surface area contributed by atoms with Crippen molar-refractivity contribution in [1.82, 2.24) is 0 Å². The molecule has 0 radical (unpaired) electrons. The van der Waals surface area contributed by atoms with E-state index in [1.54, 1.807) is 30.3 Å². The van der Waals surface area contributed by atoms with Gasteiger partial charge in [-0.2, -0.15) is 0 Å². The third kappa shape index (κ3) is 2.97. The van der Waals surface area contributed by atoms with Crippen molar-refractivity contribution < 1.29 is 19.8 Å². The van der Waals surface area contributed by atoms with E-state index in [1.165, 1.54) is 30.3 Å². The molecule has 2 N–H and O–H groups in total. The zero-order valence-corrected chi connectivity index (χ0v) is 15.0. The number of anilines is 1. The molecule has 0 aliphatic carbocycles. The van der Waals surface area contributed by atoms with Crippen LogP contribution in [-0.4, -0.2) is 22.0 Å². The van der Waals surface area contributed by atoms with Gasteiger partial charge in [-0.15, -0.1) is 10.2 Å². The van der Waals surface area contributed by atoms with Crippen molar-refractivity contribution in [3.8, 4) is 11.5 Å². The second kappa shape index (κ2) is 6.79. The Balaban J connectivity index is 1.63. The van der Waals surface area contributed by atoms with E-state index in [2.05, 4.69) is 10.2 Å². The second-order valence-electron chi connectivity index (χ2n) is 6.00. The van der Waals surface area contributed by atoms with Gasteiger partial charge < -0.3 is 10.2 Å². The lowest BCUT2D eigenvalue weighted by Crippen LogP contribution is -2.29. The third-order valence-electron chi connectivity index (χ3n) is 4.21. The smallest absolute Gasteiger partial charge is 0.266 e. The van der Waals surface area contributed by atoms with Crippen LogP contribution in [-0.2, 0) is 0 Å². The van der Waals surface area contributed by atoms with Crippen LogP contribution in [0.25, 0.3) is 0 Å². The Morgan fingerprint density at radius 3 is 1.82 bits per heavy atom. The van der Waals surface area contributed by atoms with Crippen molar-refractivity contribution >= 4 is 40.5 Å². The normalized spacial score (nSPS) is 13.4. The molecule has 1 aliphatic rings. The van der Waals surface area contributed by atoms with Gasteiger partial charge in [0.1, 0.15) is 22.9 Å². The quantitative estimate of drug-likeness (QED) is 0.484. The maximum absolute atomic E-state index is 12.5. The Bertz CT molecular complexity index is 1120. The number of rotatable bonds is 3. The molecule has 0 spiro atoms. The summed E-state index contributed by atoms with van der Waals surface area (Å²) in [5.74, 6) is -1.34. The molecule has 0 saturated carbocycles. The van der Waals surface area contributed by atoms with Crippen LogP contribution in [0.4, 0.5) is 17.1 Å². The molecule has 138 valence electrons. The number of benzene rings is 3. The molecule has 1 aliphatic heterocycles. The summed E-state index contributed by atoms with van der Waals surface area (Å²) in [6.07, 6.45) is 0. The van der Waals surface area contributed by atoms with Crippen molar-refractivity contribution in [2.75, 3.05) is 4.90 Å². The third-order valence-corrected chi connectivity index (χ3v) is 4.45. The van der Waals surface area contributed by atoms with E-state index < -0.39 is 11.8 Å². The molecular weight excluding hydrogens is 382 g/mol. The zero-order chi connectivity index (χ0) is 19.8. The van der Waals surface area contributed by atoms with Gasteiger partial charge in [-0.25, -0.2) is 4.90 Å². The van der Waals surface area contributed by atoms with Gasteiger partial charge in [-0.3, -0.25) is 9.59 Å². The van der Waals surface area contributed by atoms with E-state index in [-0.39, 0.29) is 28.6 Å². The molecule has 3 aromatic carbocycles. The molecule has 2 amide bonds. The molecule has 3 aromatic rings. The number of hydrogen-bond acceptors (Lipinski definition) is 6. The number of fused-ring (bicyclic) bond motifs is 1. The predicted octanol–water partition coefficient (Wildman–Crippen LogP) is 4.97. The minimum atomic E-state index is -0.458. The fourth-order valence-corrected chi connectivity index (χ4v) is 3.01. The molecule has 0 unspecified atom stereocenters. The number of phenolic OH excluding ortho intramolecular Hbond substituents is 2. The lowest BCUT2D eigenvalue weighted by atomic mass is 10.1. The van der Waals surface area contributed by atoms with Crippen LogP contribution in [0.3, 0.4) is 0 Å². The summed E-state index contributed by atoms with van der Waals surface area (Å²) in [5, 5.41) is 28.2. The molecule has 1 heterocycles. The molecule has 4 rings (SSSR count). The summed E-state index contributed by atoms with van der Waals surface area (Å²) in [6.45, 7) is 0. The van der Waals surface area contributed by atoms with Gasteiger partial charge >= 0.3 is 0 Å². The van der Waals surface area contributed by atoms with Gasteiger partial charge in [-0.05, 0) is 36.4 Å². The Labute approximate surface area is 164 Å². The highest BCUT2D eigenvalue weighted by molar-refractivity contribution is 6.34. The largest absolute Gasteiger partial charge is 0.506 e. The van der Waals surface area contributed by atoms with Crippen LogP contribution in [0.15, 0.2) is 70.9 Å². The first-order chi connectivity index (χ1) is 13.5. The molecule has 7 nitrogen and oxygen atoms in total. The van der Waals surface area contributed by atoms with E-state index in [1.807, 2.05) is 0 Å². The average Bonchev–Trinajstić information content (AvgIpc) is 2.93. The molecular formula is C20H12ClN3O4. The standard InChI is InChI=1S/C20H12ClN3O4/c21-11-5-7-15(17(25)9-11)22-23-16-8-6-12(10-18(16)26)24-19(27)13-3-1-2-4-14(13)20(24)28/h1-10,25-26H. The van der Waals surface area contributed by atoms with Crippen LogP contribution < -0.4 is 4.90 Å². The van der Waals surface area contributed by atoms with Gasteiger partial charge in [0.15, 0.2) is 0 Å². The number of aromatic hydroxyl groups is 2. The molecule has 0 aromatic heterocycles. The SMILES string of the molecule is O=C1c2ccccc2C(=O)N1c1ccc(N=Nc2ccc(Cl)cc2O)c(O)c1. The number of carbonyl (C=O) groups excluding carboxylic acids is 2. The average molecular weight is 394 g/mol. The number of carbonyl (C=O) groups is 2. The van der Waals surface area contributed by atoms with Gasteiger partial charge in [0, 0.05) is 17.2 Å². The molecule has 0 atom stereocenters. The number of azo groups is 1.